The molecule has 0 spiro atoms. The standard InChI is InChI=1S/C21H20ClN3O3/c1-28-16-5-3-15(4-6-16)24-8-10-25(11-9-24)21(27)20(26)18-13-23-19-7-2-14(22)12-17(18)19/h2-7,12-13,23H,8-11H2,1H3. The predicted molar refractivity (Wildman–Crippen MR) is 109 cm³/mol. The molecule has 3 aromatic rings. The Hall–Kier alpha value is -2.99. The summed E-state index contributed by atoms with van der Waals surface area (Å²) < 4.78 is 5.18. The molecule has 1 N–H and O–H groups in total. The molecule has 144 valence electrons. The molecule has 2 aromatic carbocycles. The number of aromatic nitrogens is 1. The maximum atomic E-state index is 12.8. The van der Waals surface area contributed by atoms with Gasteiger partial charge in [0.2, 0.25) is 0 Å². The summed E-state index contributed by atoms with van der Waals surface area (Å²) in [4.78, 5) is 32.4. The van der Waals surface area contributed by atoms with Crippen LogP contribution in [0.4, 0.5) is 5.69 Å². The summed E-state index contributed by atoms with van der Waals surface area (Å²) in [6.45, 7) is 2.34. The van der Waals surface area contributed by atoms with E-state index in [1.165, 1.54) is 0 Å². The number of benzene rings is 2. The maximum Gasteiger partial charge on any atom is 0.295 e. The minimum absolute atomic E-state index is 0.361. The zero-order chi connectivity index (χ0) is 19.7. The predicted octanol–water partition coefficient (Wildman–Crippen LogP) is 3.36. The number of nitrogens with zero attached hydrogens (tertiary/aromatic N) is 2. The van der Waals surface area contributed by atoms with Gasteiger partial charge in [-0.05, 0) is 42.5 Å². The number of piperazine rings is 1. The fraction of sp³-hybridized carbons (Fsp3) is 0.238. The molecule has 28 heavy (non-hydrogen) atoms. The summed E-state index contributed by atoms with van der Waals surface area (Å²) >= 11 is 6.04. The average molecular weight is 398 g/mol. The van der Waals surface area contributed by atoms with Gasteiger partial charge in [0, 0.05) is 54.0 Å². The molecule has 0 aliphatic carbocycles. The van der Waals surface area contributed by atoms with Crippen LogP contribution in [0.2, 0.25) is 5.02 Å². The van der Waals surface area contributed by atoms with Crippen molar-refractivity contribution >= 4 is 39.9 Å². The number of amides is 1. The number of nitrogens with one attached hydrogen (secondary N) is 1. The van der Waals surface area contributed by atoms with Crippen molar-refractivity contribution in [2.45, 2.75) is 0 Å². The Morgan fingerprint density at radius 3 is 2.43 bits per heavy atom. The first-order chi connectivity index (χ1) is 13.6. The molecule has 1 aromatic heterocycles. The van der Waals surface area contributed by atoms with E-state index >= 15 is 0 Å². The van der Waals surface area contributed by atoms with E-state index in [0.717, 1.165) is 17.0 Å². The number of halogens is 1. The molecule has 1 fully saturated rings. The number of ketones is 1. The molecule has 1 saturated heterocycles. The number of fused-ring (bicyclic) bond motifs is 1. The Kier molecular flexibility index (Phi) is 4.96. The van der Waals surface area contributed by atoms with Gasteiger partial charge < -0.3 is 19.5 Å². The number of carbonyl (C=O) groups is 2. The van der Waals surface area contributed by atoms with Gasteiger partial charge in [-0.1, -0.05) is 11.6 Å². The van der Waals surface area contributed by atoms with Crippen molar-refractivity contribution in [3.8, 4) is 5.75 Å². The highest BCUT2D eigenvalue weighted by Crippen LogP contribution is 2.24. The van der Waals surface area contributed by atoms with Gasteiger partial charge in [-0.25, -0.2) is 0 Å². The second kappa shape index (κ2) is 7.56. The van der Waals surface area contributed by atoms with Gasteiger partial charge in [-0.2, -0.15) is 0 Å². The van der Waals surface area contributed by atoms with Crippen LogP contribution < -0.4 is 9.64 Å². The van der Waals surface area contributed by atoms with Crippen LogP contribution in [0.15, 0.2) is 48.7 Å². The minimum atomic E-state index is -0.508. The SMILES string of the molecule is COc1ccc(N2CCN(C(=O)C(=O)c3c[nH]c4ccc(Cl)cc34)CC2)cc1. The van der Waals surface area contributed by atoms with E-state index < -0.39 is 11.7 Å². The number of hydrogen-bond acceptors (Lipinski definition) is 4. The topological polar surface area (TPSA) is 65.6 Å². The molecular weight excluding hydrogens is 378 g/mol. The first kappa shape index (κ1) is 18.4. The smallest absolute Gasteiger partial charge is 0.295 e. The highest BCUT2D eigenvalue weighted by molar-refractivity contribution is 6.45. The number of carbonyl (C=O) groups excluding carboxylic acids is 2. The van der Waals surface area contributed by atoms with Gasteiger partial charge in [0.15, 0.2) is 0 Å². The number of ether oxygens (including phenoxy) is 1. The van der Waals surface area contributed by atoms with E-state index in [1.807, 2.05) is 24.3 Å². The van der Waals surface area contributed by atoms with Crippen LogP contribution in [-0.4, -0.2) is 54.9 Å². The fourth-order valence-electron chi connectivity index (χ4n) is 3.50. The van der Waals surface area contributed by atoms with E-state index in [-0.39, 0.29) is 0 Å². The zero-order valence-corrected chi connectivity index (χ0v) is 16.2. The first-order valence-corrected chi connectivity index (χ1v) is 9.44. The van der Waals surface area contributed by atoms with Crippen LogP contribution in [0, 0.1) is 0 Å². The molecule has 1 aliphatic heterocycles. The third-order valence-electron chi connectivity index (χ3n) is 5.09. The number of rotatable bonds is 4. The molecule has 0 bridgehead atoms. The second-order valence-electron chi connectivity index (χ2n) is 6.70. The van der Waals surface area contributed by atoms with Crippen LogP contribution in [0.5, 0.6) is 5.75 Å². The molecular formula is C21H20ClN3O3. The Morgan fingerprint density at radius 2 is 1.75 bits per heavy atom. The first-order valence-electron chi connectivity index (χ1n) is 9.06. The molecule has 0 atom stereocenters. The third kappa shape index (κ3) is 3.43. The lowest BCUT2D eigenvalue weighted by molar-refractivity contribution is -0.126. The normalized spacial score (nSPS) is 14.4. The summed E-state index contributed by atoms with van der Waals surface area (Å²) in [5, 5.41) is 1.20. The lowest BCUT2D eigenvalue weighted by Crippen LogP contribution is -2.50. The largest absolute Gasteiger partial charge is 0.497 e. The van der Waals surface area contributed by atoms with E-state index in [9.17, 15) is 9.59 Å². The molecule has 7 heteroatoms. The summed E-state index contributed by atoms with van der Waals surface area (Å²) in [5.41, 5.74) is 2.22. The van der Waals surface area contributed by atoms with Crippen LogP contribution in [-0.2, 0) is 4.79 Å². The monoisotopic (exact) mass is 397 g/mol. The van der Waals surface area contributed by atoms with Crippen LogP contribution >= 0.6 is 11.6 Å². The van der Waals surface area contributed by atoms with Crippen molar-refractivity contribution in [3.05, 3.63) is 59.2 Å². The molecule has 4 rings (SSSR count). The van der Waals surface area contributed by atoms with Gasteiger partial charge >= 0.3 is 0 Å². The molecule has 1 amide bonds. The van der Waals surface area contributed by atoms with Crippen molar-refractivity contribution in [1.82, 2.24) is 9.88 Å². The number of hydrogen-bond donors (Lipinski definition) is 1. The van der Waals surface area contributed by atoms with Crippen molar-refractivity contribution in [1.29, 1.82) is 0 Å². The summed E-state index contributed by atoms with van der Waals surface area (Å²) in [6, 6.07) is 13.1. The highest BCUT2D eigenvalue weighted by atomic mass is 35.5. The molecule has 1 aliphatic rings. The van der Waals surface area contributed by atoms with Crippen LogP contribution in [0.1, 0.15) is 10.4 Å². The van der Waals surface area contributed by atoms with Crippen LogP contribution in [0.3, 0.4) is 0 Å². The Bertz CT molecular complexity index is 1020. The van der Waals surface area contributed by atoms with Crippen molar-refractivity contribution in [3.63, 3.8) is 0 Å². The Labute approximate surface area is 167 Å². The van der Waals surface area contributed by atoms with Crippen molar-refractivity contribution in [2.75, 3.05) is 38.2 Å². The van der Waals surface area contributed by atoms with E-state index in [0.29, 0.717) is 42.2 Å². The fourth-order valence-corrected chi connectivity index (χ4v) is 3.67. The number of aromatic amines is 1. The Balaban J connectivity index is 1.44. The van der Waals surface area contributed by atoms with E-state index in [2.05, 4.69) is 9.88 Å². The van der Waals surface area contributed by atoms with E-state index in [1.54, 1.807) is 36.4 Å². The van der Waals surface area contributed by atoms with E-state index in [4.69, 9.17) is 16.3 Å². The zero-order valence-electron chi connectivity index (χ0n) is 15.4. The van der Waals surface area contributed by atoms with Gasteiger partial charge in [0.25, 0.3) is 11.7 Å². The molecule has 6 nitrogen and oxygen atoms in total. The van der Waals surface area contributed by atoms with Crippen molar-refractivity contribution < 1.29 is 14.3 Å². The molecule has 2 heterocycles. The van der Waals surface area contributed by atoms with Gasteiger partial charge in [0.1, 0.15) is 5.75 Å². The summed E-state index contributed by atoms with van der Waals surface area (Å²) in [7, 11) is 1.64. The van der Waals surface area contributed by atoms with Crippen molar-refractivity contribution in [2.24, 2.45) is 0 Å². The molecule has 0 radical (unpaired) electrons. The quantitative estimate of drug-likeness (QED) is 0.541. The Morgan fingerprint density at radius 1 is 1.04 bits per heavy atom. The second-order valence-corrected chi connectivity index (χ2v) is 7.14. The lowest BCUT2D eigenvalue weighted by atomic mass is 10.1. The highest BCUT2D eigenvalue weighted by Gasteiger charge is 2.28. The van der Waals surface area contributed by atoms with Gasteiger partial charge in [-0.15, -0.1) is 0 Å². The summed E-state index contributed by atoms with van der Waals surface area (Å²) in [5.74, 6) is -0.177. The third-order valence-corrected chi connectivity index (χ3v) is 5.32. The average Bonchev–Trinajstić information content (AvgIpc) is 3.16. The lowest BCUT2D eigenvalue weighted by Gasteiger charge is -2.35. The van der Waals surface area contributed by atoms with Crippen LogP contribution in [0.25, 0.3) is 10.9 Å². The number of methoxy groups -OCH3 is 1. The molecule has 0 saturated carbocycles. The number of Topliss-reactive ketones (excluding diaryl/α,β-unsaturated/α-hetero) is 1. The van der Waals surface area contributed by atoms with Gasteiger partial charge in [-0.3, -0.25) is 9.59 Å². The number of anilines is 1. The summed E-state index contributed by atoms with van der Waals surface area (Å²) in [6.07, 6.45) is 1.58. The molecule has 0 unspecified atom stereocenters. The number of H-pyrrole nitrogens is 1. The minimum Gasteiger partial charge on any atom is -0.497 e. The maximum absolute atomic E-state index is 12.8. The van der Waals surface area contributed by atoms with Gasteiger partial charge in [0.05, 0.1) is 12.7 Å².